The summed E-state index contributed by atoms with van der Waals surface area (Å²) in [4.78, 5) is 44.2. The van der Waals surface area contributed by atoms with E-state index >= 15 is 0 Å². The highest BCUT2D eigenvalue weighted by Crippen LogP contribution is 2.37. The zero-order valence-corrected chi connectivity index (χ0v) is 26.1. The summed E-state index contributed by atoms with van der Waals surface area (Å²) in [5.74, 6) is -0.418. The number of halogens is 1. The fourth-order valence-corrected chi connectivity index (χ4v) is 5.91. The molecule has 0 unspecified atom stereocenters. The molecule has 0 N–H and O–H groups in total. The minimum absolute atomic E-state index is 0.158. The van der Waals surface area contributed by atoms with Crippen molar-refractivity contribution in [3.8, 4) is 11.5 Å². The van der Waals surface area contributed by atoms with Crippen LogP contribution in [0.3, 0.4) is 0 Å². The van der Waals surface area contributed by atoms with Crippen molar-refractivity contribution < 1.29 is 23.9 Å². The van der Waals surface area contributed by atoms with Crippen LogP contribution in [0.15, 0.2) is 115 Å². The number of hydrogen-bond donors (Lipinski definition) is 0. The Hall–Kier alpha value is -4.96. The summed E-state index contributed by atoms with van der Waals surface area (Å²) in [5.41, 5.74) is 3.13. The van der Waals surface area contributed by atoms with Crippen molar-refractivity contribution in [2.24, 2.45) is 0 Å². The van der Waals surface area contributed by atoms with Crippen LogP contribution in [-0.2, 0) is 16.2 Å². The predicted molar refractivity (Wildman–Crippen MR) is 180 cm³/mol. The van der Waals surface area contributed by atoms with E-state index in [4.69, 9.17) is 9.47 Å². The van der Waals surface area contributed by atoms with Gasteiger partial charge in [0.05, 0.1) is 22.1 Å². The lowest BCUT2D eigenvalue weighted by molar-refractivity contribution is -0.121. The van der Waals surface area contributed by atoms with E-state index < -0.39 is 17.8 Å². The number of benzene rings is 5. The Balaban J connectivity index is 1.45. The molecule has 44 heavy (non-hydrogen) atoms. The van der Waals surface area contributed by atoms with Crippen LogP contribution < -0.4 is 19.3 Å². The maximum absolute atomic E-state index is 14.1. The van der Waals surface area contributed by atoms with Crippen LogP contribution >= 0.6 is 22.6 Å². The molecule has 0 aromatic heterocycles. The molecule has 6 rings (SSSR count). The first-order chi connectivity index (χ1) is 21.4. The number of hydrogen-bond acceptors (Lipinski definition) is 5. The van der Waals surface area contributed by atoms with Crippen molar-refractivity contribution in [2.75, 3.05) is 16.9 Å². The fraction of sp³-hybridized carbons (Fsp3) is 0.0833. The van der Waals surface area contributed by atoms with Gasteiger partial charge in [-0.1, -0.05) is 84.4 Å². The summed E-state index contributed by atoms with van der Waals surface area (Å²) >= 11 is 2.15. The van der Waals surface area contributed by atoms with E-state index in [0.717, 1.165) is 29.9 Å². The number of barbiturate groups is 1. The molecule has 1 fully saturated rings. The van der Waals surface area contributed by atoms with Crippen LogP contribution in [0.2, 0.25) is 0 Å². The number of amides is 4. The fourth-order valence-electron chi connectivity index (χ4n) is 5.13. The Morgan fingerprint density at radius 2 is 1.45 bits per heavy atom. The number of nitrogens with zero attached hydrogens (tertiary/aromatic N) is 2. The maximum Gasteiger partial charge on any atom is 0.343 e. The lowest BCUT2D eigenvalue weighted by Gasteiger charge is -2.34. The Morgan fingerprint density at radius 1 is 0.773 bits per heavy atom. The standard InChI is InChI=1S/C36H27IN2O5/c1-23-15-17-27(18-16-23)38-34(40)29(35(41)39(36(38)42)31-14-8-12-26-11-6-7-13-28(26)31)19-25-20-30(37)33(32(21-25)43-2)44-22-24-9-4-3-5-10-24/h3-21H,22H2,1-2H3/b29-19+. The van der Waals surface area contributed by atoms with Gasteiger partial charge in [0.2, 0.25) is 0 Å². The van der Waals surface area contributed by atoms with Gasteiger partial charge in [-0.15, -0.1) is 0 Å². The Morgan fingerprint density at radius 3 is 2.20 bits per heavy atom. The average molecular weight is 695 g/mol. The van der Waals surface area contributed by atoms with E-state index in [1.54, 1.807) is 30.3 Å². The highest BCUT2D eigenvalue weighted by molar-refractivity contribution is 14.1. The van der Waals surface area contributed by atoms with Gasteiger partial charge >= 0.3 is 6.03 Å². The number of methoxy groups -OCH3 is 1. The number of carbonyl (C=O) groups excluding carboxylic acids is 3. The molecular formula is C36H27IN2O5. The topological polar surface area (TPSA) is 76.2 Å². The first-order valence-electron chi connectivity index (χ1n) is 13.9. The zero-order chi connectivity index (χ0) is 30.8. The van der Waals surface area contributed by atoms with Crippen LogP contribution in [0.25, 0.3) is 16.8 Å². The summed E-state index contributed by atoms with van der Waals surface area (Å²) in [5, 5.41) is 1.57. The second-order valence-corrected chi connectivity index (χ2v) is 11.4. The van der Waals surface area contributed by atoms with E-state index in [1.807, 2.05) is 85.8 Å². The third-order valence-corrected chi connectivity index (χ3v) is 8.14. The first-order valence-corrected chi connectivity index (χ1v) is 15.0. The molecule has 0 saturated carbocycles. The summed E-state index contributed by atoms with van der Waals surface area (Å²) < 4.78 is 12.5. The molecule has 1 heterocycles. The normalized spacial score (nSPS) is 14.4. The van der Waals surface area contributed by atoms with E-state index in [9.17, 15) is 14.4 Å². The van der Waals surface area contributed by atoms with Crippen LogP contribution in [0.4, 0.5) is 16.2 Å². The number of ether oxygens (including phenoxy) is 2. The third-order valence-electron chi connectivity index (χ3n) is 7.34. The van der Waals surface area contributed by atoms with Gasteiger partial charge in [0, 0.05) is 5.39 Å². The molecule has 5 aromatic carbocycles. The predicted octanol–water partition coefficient (Wildman–Crippen LogP) is 7.92. The van der Waals surface area contributed by atoms with Crippen molar-refractivity contribution >= 4 is 68.7 Å². The summed E-state index contributed by atoms with van der Waals surface area (Å²) in [7, 11) is 1.54. The maximum atomic E-state index is 14.1. The molecule has 0 aliphatic carbocycles. The molecule has 5 aromatic rings. The average Bonchev–Trinajstić information content (AvgIpc) is 3.04. The molecule has 1 saturated heterocycles. The molecule has 8 heteroatoms. The molecule has 0 atom stereocenters. The van der Waals surface area contributed by atoms with E-state index in [1.165, 1.54) is 13.2 Å². The summed E-state index contributed by atoms with van der Waals surface area (Å²) in [6, 6.07) is 32.5. The molecule has 7 nitrogen and oxygen atoms in total. The van der Waals surface area contributed by atoms with Crippen molar-refractivity contribution in [2.45, 2.75) is 13.5 Å². The Bertz CT molecular complexity index is 1930. The molecule has 218 valence electrons. The SMILES string of the molecule is COc1cc(/C=C2\C(=O)N(c3ccc(C)cc3)C(=O)N(c3cccc4ccccc34)C2=O)cc(I)c1OCc1ccccc1. The molecular weight excluding hydrogens is 667 g/mol. The molecule has 0 radical (unpaired) electrons. The van der Waals surface area contributed by atoms with Gasteiger partial charge in [0.25, 0.3) is 11.8 Å². The highest BCUT2D eigenvalue weighted by Gasteiger charge is 2.44. The van der Waals surface area contributed by atoms with Gasteiger partial charge in [-0.2, -0.15) is 0 Å². The van der Waals surface area contributed by atoms with Gasteiger partial charge in [0.1, 0.15) is 12.2 Å². The largest absolute Gasteiger partial charge is 0.493 e. The van der Waals surface area contributed by atoms with E-state index in [-0.39, 0.29) is 5.57 Å². The van der Waals surface area contributed by atoms with Crippen LogP contribution in [-0.4, -0.2) is 25.0 Å². The Kier molecular flexibility index (Phi) is 8.17. The molecule has 0 bridgehead atoms. The lowest BCUT2D eigenvalue weighted by Crippen LogP contribution is -2.57. The molecule has 1 aliphatic heterocycles. The number of carbonyl (C=O) groups is 3. The number of rotatable bonds is 7. The number of aryl methyl sites for hydroxylation is 1. The van der Waals surface area contributed by atoms with Gasteiger partial charge in [-0.25, -0.2) is 14.6 Å². The van der Waals surface area contributed by atoms with E-state index in [0.29, 0.717) is 40.4 Å². The quantitative estimate of drug-likeness (QED) is 0.0984. The second kappa shape index (κ2) is 12.3. The minimum atomic E-state index is -0.742. The first kappa shape index (κ1) is 29.1. The van der Waals surface area contributed by atoms with Crippen molar-refractivity contribution in [1.82, 2.24) is 0 Å². The number of fused-ring (bicyclic) bond motifs is 1. The Labute approximate surface area is 268 Å². The monoisotopic (exact) mass is 694 g/mol. The van der Waals surface area contributed by atoms with Crippen molar-refractivity contribution in [3.63, 3.8) is 0 Å². The van der Waals surface area contributed by atoms with Gasteiger partial charge in [0.15, 0.2) is 11.5 Å². The van der Waals surface area contributed by atoms with Crippen LogP contribution in [0.5, 0.6) is 11.5 Å². The van der Waals surface area contributed by atoms with Crippen molar-refractivity contribution in [1.29, 1.82) is 0 Å². The molecule has 4 amide bonds. The number of imide groups is 2. The molecule has 1 aliphatic rings. The smallest absolute Gasteiger partial charge is 0.343 e. The third kappa shape index (κ3) is 5.56. The van der Waals surface area contributed by atoms with Crippen LogP contribution in [0, 0.1) is 10.5 Å². The lowest BCUT2D eigenvalue weighted by atomic mass is 10.0. The minimum Gasteiger partial charge on any atom is -0.493 e. The summed E-state index contributed by atoms with van der Waals surface area (Å²) in [6.45, 7) is 2.27. The highest BCUT2D eigenvalue weighted by atomic mass is 127. The summed E-state index contributed by atoms with van der Waals surface area (Å²) in [6.07, 6.45) is 1.50. The number of urea groups is 1. The van der Waals surface area contributed by atoms with Gasteiger partial charge < -0.3 is 9.47 Å². The van der Waals surface area contributed by atoms with E-state index in [2.05, 4.69) is 22.6 Å². The van der Waals surface area contributed by atoms with Crippen molar-refractivity contribution in [3.05, 3.63) is 135 Å². The zero-order valence-electron chi connectivity index (χ0n) is 24.0. The van der Waals surface area contributed by atoms with Gasteiger partial charge in [-0.3, -0.25) is 9.59 Å². The van der Waals surface area contributed by atoms with Gasteiger partial charge in [-0.05, 0) is 82.4 Å². The second-order valence-electron chi connectivity index (χ2n) is 10.3. The molecule has 0 spiro atoms. The number of anilines is 2. The van der Waals surface area contributed by atoms with Crippen LogP contribution in [0.1, 0.15) is 16.7 Å².